The molecule has 0 aliphatic rings. The van der Waals surface area contributed by atoms with E-state index in [-0.39, 0.29) is 11.5 Å². The van der Waals surface area contributed by atoms with Crippen molar-refractivity contribution in [1.29, 1.82) is 0 Å². The molecule has 0 amide bonds. The Morgan fingerprint density at radius 3 is 2.42 bits per heavy atom. The average Bonchev–Trinajstić information content (AvgIpc) is 2.27. The van der Waals surface area contributed by atoms with E-state index in [4.69, 9.17) is 4.74 Å². The zero-order valence-corrected chi connectivity index (χ0v) is 10.7. The summed E-state index contributed by atoms with van der Waals surface area (Å²) >= 11 is 0. The molecular formula is C13H16F4O2. The van der Waals surface area contributed by atoms with Gasteiger partial charge in [0.15, 0.2) is 0 Å². The molecule has 0 spiro atoms. The van der Waals surface area contributed by atoms with Crippen molar-refractivity contribution in [3.05, 3.63) is 35.1 Å². The Bertz CT molecular complexity index is 418. The number of alkyl halides is 3. The highest BCUT2D eigenvalue weighted by Crippen LogP contribution is 2.33. The van der Waals surface area contributed by atoms with E-state index in [1.807, 2.05) is 6.92 Å². The monoisotopic (exact) mass is 280 g/mol. The maximum Gasteiger partial charge on any atom is 0.419 e. The van der Waals surface area contributed by atoms with Crippen molar-refractivity contribution in [2.24, 2.45) is 5.92 Å². The van der Waals surface area contributed by atoms with Gasteiger partial charge in [0.25, 0.3) is 0 Å². The van der Waals surface area contributed by atoms with Gasteiger partial charge >= 0.3 is 6.18 Å². The molecule has 0 saturated heterocycles. The summed E-state index contributed by atoms with van der Waals surface area (Å²) in [5.41, 5.74) is -1.19. The largest absolute Gasteiger partial charge is 0.419 e. The summed E-state index contributed by atoms with van der Waals surface area (Å²) in [5.74, 6) is -1.35. The quantitative estimate of drug-likeness (QED) is 0.836. The predicted octanol–water partition coefficient (Wildman–Crippen LogP) is 3.55. The first kappa shape index (κ1) is 15.9. The van der Waals surface area contributed by atoms with Crippen molar-refractivity contribution in [2.75, 3.05) is 13.7 Å². The van der Waals surface area contributed by atoms with E-state index in [0.717, 1.165) is 12.1 Å². The fourth-order valence-electron chi connectivity index (χ4n) is 1.84. The van der Waals surface area contributed by atoms with E-state index in [1.54, 1.807) is 0 Å². The molecule has 19 heavy (non-hydrogen) atoms. The molecule has 6 heteroatoms. The van der Waals surface area contributed by atoms with Gasteiger partial charge < -0.3 is 9.84 Å². The third kappa shape index (κ3) is 4.47. The summed E-state index contributed by atoms with van der Waals surface area (Å²) in [4.78, 5) is 0. The van der Waals surface area contributed by atoms with Gasteiger partial charge in [-0.05, 0) is 30.0 Å². The molecule has 2 nitrogen and oxygen atoms in total. The molecule has 2 atom stereocenters. The summed E-state index contributed by atoms with van der Waals surface area (Å²) in [6, 6.07) is 2.47. The highest BCUT2D eigenvalue weighted by atomic mass is 19.4. The van der Waals surface area contributed by atoms with Crippen LogP contribution in [-0.4, -0.2) is 18.8 Å². The van der Waals surface area contributed by atoms with Crippen LogP contribution >= 0.6 is 0 Å². The molecule has 1 rings (SSSR count). The number of hydrogen-bond acceptors (Lipinski definition) is 2. The van der Waals surface area contributed by atoms with Crippen molar-refractivity contribution in [3.63, 3.8) is 0 Å². The van der Waals surface area contributed by atoms with E-state index in [0.29, 0.717) is 19.1 Å². The van der Waals surface area contributed by atoms with Gasteiger partial charge in [-0.2, -0.15) is 13.2 Å². The normalized spacial score (nSPS) is 15.3. The maximum atomic E-state index is 13.3. The van der Waals surface area contributed by atoms with Gasteiger partial charge in [0.1, 0.15) is 5.82 Å². The Labute approximate surface area is 109 Å². The van der Waals surface area contributed by atoms with Crippen molar-refractivity contribution >= 4 is 0 Å². The number of aliphatic hydroxyl groups is 1. The molecule has 0 aromatic heterocycles. The molecule has 0 bridgehead atoms. The first-order chi connectivity index (χ1) is 8.75. The Balaban J connectivity index is 2.83. The molecule has 0 saturated carbocycles. The van der Waals surface area contributed by atoms with Crippen LogP contribution in [0.1, 0.15) is 30.6 Å². The second kappa shape index (κ2) is 6.34. The zero-order chi connectivity index (χ0) is 14.6. The van der Waals surface area contributed by atoms with E-state index in [1.165, 1.54) is 7.11 Å². The number of halogens is 4. The lowest BCUT2D eigenvalue weighted by atomic mass is 9.97. The number of rotatable bonds is 5. The van der Waals surface area contributed by atoms with E-state index in [9.17, 15) is 22.7 Å². The second-order valence-electron chi connectivity index (χ2n) is 4.55. The Morgan fingerprint density at radius 2 is 1.95 bits per heavy atom. The van der Waals surface area contributed by atoms with Crippen LogP contribution < -0.4 is 0 Å². The van der Waals surface area contributed by atoms with Crippen molar-refractivity contribution in [3.8, 4) is 0 Å². The van der Waals surface area contributed by atoms with Gasteiger partial charge in [-0.15, -0.1) is 0 Å². The second-order valence-corrected chi connectivity index (χ2v) is 4.55. The number of ether oxygens (including phenoxy) is 1. The SMILES string of the molecule is COCC(C)CC(O)c1ccc(C(F)(F)F)c(F)c1. The number of hydrogen-bond donors (Lipinski definition) is 1. The highest BCUT2D eigenvalue weighted by Gasteiger charge is 2.34. The topological polar surface area (TPSA) is 29.5 Å². The van der Waals surface area contributed by atoms with Gasteiger partial charge in [0.2, 0.25) is 0 Å². The highest BCUT2D eigenvalue weighted by molar-refractivity contribution is 5.27. The van der Waals surface area contributed by atoms with Crippen molar-refractivity contribution < 1.29 is 27.4 Å². The summed E-state index contributed by atoms with van der Waals surface area (Å²) in [6.45, 7) is 2.24. The van der Waals surface area contributed by atoms with Crippen LogP contribution in [0, 0.1) is 11.7 Å². The average molecular weight is 280 g/mol. The first-order valence-electron chi connectivity index (χ1n) is 5.79. The van der Waals surface area contributed by atoms with E-state index < -0.39 is 23.7 Å². The van der Waals surface area contributed by atoms with Gasteiger partial charge in [-0.25, -0.2) is 4.39 Å². The third-order valence-electron chi connectivity index (χ3n) is 2.76. The van der Waals surface area contributed by atoms with Gasteiger partial charge in [-0.3, -0.25) is 0 Å². The predicted molar refractivity (Wildman–Crippen MR) is 62.0 cm³/mol. The van der Waals surface area contributed by atoms with Crippen LogP contribution in [-0.2, 0) is 10.9 Å². The maximum absolute atomic E-state index is 13.3. The molecule has 0 heterocycles. The van der Waals surface area contributed by atoms with Crippen LogP contribution in [0.25, 0.3) is 0 Å². The van der Waals surface area contributed by atoms with E-state index in [2.05, 4.69) is 0 Å². The lowest BCUT2D eigenvalue weighted by Gasteiger charge is -2.17. The molecule has 1 N–H and O–H groups in total. The van der Waals surface area contributed by atoms with E-state index >= 15 is 0 Å². The fraction of sp³-hybridized carbons (Fsp3) is 0.538. The summed E-state index contributed by atoms with van der Waals surface area (Å²) in [6.07, 6.45) is -5.45. The summed E-state index contributed by atoms with van der Waals surface area (Å²) in [5, 5.41) is 9.83. The lowest BCUT2D eigenvalue weighted by molar-refractivity contribution is -0.140. The Morgan fingerprint density at radius 1 is 1.32 bits per heavy atom. The molecule has 0 aliphatic heterocycles. The number of aliphatic hydroxyl groups excluding tert-OH is 1. The molecular weight excluding hydrogens is 264 g/mol. The van der Waals surface area contributed by atoms with Crippen LogP contribution in [0.5, 0.6) is 0 Å². The van der Waals surface area contributed by atoms with Crippen LogP contribution in [0.2, 0.25) is 0 Å². The molecule has 0 fully saturated rings. The zero-order valence-electron chi connectivity index (χ0n) is 10.7. The molecule has 108 valence electrons. The van der Waals surface area contributed by atoms with Crippen LogP contribution in [0.4, 0.5) is 17.6 Å². The molecule has 1 aromatic carbocycles. The minimum Gasteiger partial charge on any atom is -0.388 e. The van der Waals surface area contributed by atoms with Gasteiger partial charge in [0.05, 0.1) is 11.7 Å². The Hall–Kier alpha value is -1.14. The Kier molecular flexibility index (Phi) is 5.31. The number of methoxy groups -OCH3 is 1. The molecule has 0 aliphatic carbocycles. The third-order valence-corrected chi connectivity index (χ3v) is 2.76. The number of benzene rings is 1. The smallest absolute Gasteiger partial charge is 0.388 e. The summed E-state index contributed by atoms with van der Waals surface area (Å²) < 4.78 is 55.3. The van der Waals surface area contributed by atoms with Crippen molar-refractivity contribution in [1.82, 2.24) is 0 Å². The minimum absolute atomic E-state index is 0.0188. The van der Waals surface area contributed by atoms with Crippen LogP contribution in [0.15, 0.2) is 18.2 Å². The first-order valence-corrected chi connectivity index (χ1v) is 5.79. The fourth-order valence-corrected chi connectivity index (χ4v) is 1.84. The van der Waals surface area contributed by atoms with Crippen molar-refractivity contribution in [2.45, 2.75) is 25.6 Å². The molecule has 0 radical (unpaired) electrons. The molecule has 2 unspecified atom stereocenters. The standard InChI is InChI=1S/C13H16F4O2/c1-8(7-19-2)5-12(18)9-3-4-10(11(14)6-9)13(15,16)17/h3-4,6,8,12,18H,5,7H2,1-2H3. The summed E-state index contributed by atoms with van der Waals surface area (Å²) in [7, 11) is 1.51. The van der Waals surface area contributed by atoms with Gasteiger partial charge in [-0.1, -0.05) is 13.0 Å². The van der Waals surface area contributed by atoms with Crippen LogP contribution in [0.3, 0.4) is 0 Å². The minimum atomic E-state index is -4.73. The van der Waals surface area contributed by atoms with Gasteiger partial charge in [0, 0.05) is 13.7 Å². The lowest BCUT2D eigenvalue weighted by Crippen LogP contribution is -2.12. The molecule has 1 aromatic rings.